The zero-order valence-corrected chi connectivity index (χ0v) is 8.78. The van der Waals surface area contributed by atoms with E-state index >= 15 is 0 Å². The highest BCUT2D eigenvalue weighted by Crippen LogP contribution is 2.12. The third-order valence-electron chi connectivity index (χ3n) is 2.03. The molecule has 78 valence electrons. The van der Waals surface area contributed by atoms with Crippen molar-refractivity contribution in [3.8, 4) is 11.8 Å². The standard InChI is InChI=1S/C13H15NO/c1-2-3-4-11-15-13-7-5-12(6-8-13)9-10-14/h2,5-8H,1,3-4,9,11H2. The van der Waals surface area contributed by atoms with E-state index in [0.29, 0.717) is 13.0 Å². The Labute approximate surface area is 90.8 Å². The monoisotopic (exact) mass is 201 g/mol. The van der Waals surface area contributed by atoms with Crippen molar-refractivity contribution in [2.75, 3.05) is 6.61 Å². The molecule has 1 aromatic rings. The van der Waals surface area contributed by atoms with E-state index in [1.54, 1.807) is 0 Å². The maximum absolute atomic E-state index is 8.50. The van der Waals surface area contributed by atoms with Gasteiger partial charge in [0, 0.05) is 0 Å². The van der Waals surface area contributed by atoms with Crippen molar-refractivity contribution < 1.29 is 4.74 Å². The Morgan fingerprint density at radius 3 is 2.67 bits per heavy atom. The third kappa shape index (κ3) is 4.33. The highest BCUT2D eigenvalue weighted by Gasteiger charge is 1.94. The van der Waals surface area contributed by atoms with Crippen LogP contribution in [0.1, 0.15) is 18.4 Å². The zero-order chi connectivity index (χ0) is 10.9. The van der Waals surface area contributed by atoms with Crippen LogP contribution in [0.5, 0.6) is 5.75 Å². The van der Waals surface area contributed by atoms with Crippen LogP contribution in [-0.2, 0) is 6.42 Å². The van der Waals surface area contributed by atoms with Gasteiger partial charge in [-0.2, -0.15) is 5.26 Å². The van der Waals surface area contributed by atoms with Gasteiger partial charge in [0.05, 0.1) is 19.1 Å². The summed E-state index contributed by atoms with van der Waals surface area (Å²) in [6.45, 7) is 4.36. The predicted octanol–water partition coefficient (Wildman–Crippen LogP) is 3.10. The van der Waals surface area contributed by atoms with E-state index in [0.717, 1.165) is 24.2 Å². The van der Waals surface area contributed by atoms with E-state index in [1.165, 1.54) is 0 Å². The first-order valence-electron chi connectivity index (χ1n) is 5.06. The predicted molar refractivity (Wildman–Crippen MR) is 60.7 cm³/mol. The topological polar surface area (TPSA) is 33.0 Å². The molecule has 0 fully saturated rings. The average molecular weight is 201 g/mol. The average Bonchev–Trinajstić information content (AvgIpc) is 2.27. The number of unbranched alkanes of at least 4 members (excludes halogenated alkanes) is 1. The summed E-state index contributed by atoms with van der Waals surface area (Å²) >= 11 is 0. The van der Waals surface area contributed by atoms with Gasteiger partial charge in [-0.25, -0.2) is 0 Å². The molecule has 0 N–H and O–H groups in total. The maximum Gasteiger partial charge on any atom is 0.119 e. The highest BCUT2D eigenvalue weighted by molar-refractivity contribution is 5.28. The van der Waals surface area contributed by atoms with E-state index in [1.807, 2.05) is 30.3 Å². The minimum atomic E-state index is 0.455. The number of benzene rings is 1. The van der Waals surface area contributed by atoms with Crippen LogP contribution in [0.4, 0.5) is 0 Å². The first-order valence-corrected chi connectivity index (χ1v) is 5.06. The van der Waals surface area contributed by atoms with Crippen LogP contribution in [0, 0.1) is 11.3 Å². The summed E-state index contributed by atoms with van der Waals surface area (Å²) in [6, 6.07) is 9.76. The fourth-order valence-corrected chi connectivity index (χ4v) is 1.21. The summed E-state index contributed by atoms with van der Waals surface area (Å²) in [6.07, 6.45) is 4.31. The van der Waals surface area contributed by atoms with E-state index < -0.39 is 0 Å². The number of hydrogen-bond donors (Lipinski definition) is 0. The van der Waals surface area contributed by atoms with Crippen molar-refractivity contribution in [3.63, 3.8) is 0 Å². The van der Waals surface area contributed by atoms with Crippen molar-refractivity contribution in [3.05, 3.63) is 42.5 Å². The van der Waals surface area contributed by atoms with Crippen molar-refractivity contribution in [2.24, 2.45) is 0 Å². The minimum absolute atomic E-state index is 0.455. The fraction of sp³-hybridized carbons (Fsp3) is 0.308. The SMILES string of the molecule is C=CCCCOc1ccc(CC#N)cc1. The summed E-state index contributed by atoms with van der Waals surface area (Å²) in [5.41, 5.74) is 1.02. The molecule has 15 heavy (non-hydrogen) atoms. The van der Waals surface area contributed by atoms with Gasteiger partial charge in [-0.05, 0) is 30.5 Å². The molecule has 0 atom stereocenters. The van der Waals surface area contributed by atoms with Crippen LogP contribution < -0.4 is 4.74 Å². The van der Waals surface area contributed by atoms with Crippen molar-refractivity contribution in [1.82, 2.24) is 0 Å². The van der Waals surface area contributed by atoms with Gasteiger partial charge in [0.15, 0.2) is 0 Å². The van der Waals surface area contributed by atoms with Crippen LogP contribution >= 0.6 is 0 Å². The first-order chi connectivity index (χ1) is 7.36. The molecule has 2 nitrogen and oxygen atoms in total. The molecule has 0 aliphatic rings. The summed E-state index contributed by atoms with van der Waals surface area (Å²) in [7, 11) is 0. The van der Waals surface area contributed by atoms with Gasteiger partial charge in [0.1, 0.15) is 5.75 Å². The number of rotatable bonds is 6. The summed E-state index contributed by atoms with van der Waals surface area (Å²) < 4.78 is 5.51. The van der Waals surface area contributed by atoms with Gasteiger partial charge in [-0.1, -0.05) is 18.2 Å². The van der Waals surface area contributed by atoms with Gasteiger partial charge < -0.3 is 4.74 Å². The fourth-order valence-electron chi connectivity index (χ4n) is 1.21. The van der Waals surface area contributed by atoms with E-state index in [4.69, 9.17) is 10.00 Å². The molecular weight excluding hydrogens is 186 g/mol. The molecule has 0 spiro atoms. The summed E-state index contributed by atoms with van der Waals surface area (Å²) in [4.78, 5) is 0. The molecular formula is C13H15NO. The molecule has 0 aromatic heterocycles. The Kier molecular flexibility index (Phi) is 5.03. The van der Waals surface area contributed by atoms with Crippen molar-refractivity contribution in [1.29, 1.82) is 5.26 Å². The highest BCUT2D eigenvalue weighted by atomic mass is 16.5. The second-order valence-corrected chi connectivity index (χ2v) is 3.26. The van der Waals surface area contributed by atoms with Gasteiger partial charge in [-0.3, -0.25) is 0 Å². The lowest BCUT2D eigenvalue weighted by atomic mass is 10.2. The zero-order valence-electron chi connectivity index (χ0n) is 8.78. The van der Waals surface area contributed by atoms with Crippen LogP contribution in [0.2, 0.25) is 0 Å². The second-order valence-electron chi connectivity index (χ2n) is 3.26. The molecule has 0 aliphatic carbocycles. The van der Waals surface area contributed by atoms with Gasteiger partial charge in [-0.15, -0.1) is 6.58 Å². The van der Waals surface area contributed by atoms with Crippen LogP contribution in [-0.4, -0.2) is 6.61 Å². The molecule has 0 radical (unpaired) electrons. The summed E-state index contributed by atoms with van der Waals surface area (Å²) in [5, 5.41) is 8.50. The lowest BCUT2D eigenvalue weighted by molar-refractivity contribution is 0.312. The molecule has 0 amide bonds. The molecule has 0 saturated carbocycles. The number of nitriles is 1. The normalized spacial score (nSPS) is 9.27. The molecule has 1 aromatic carbocycles. The quantitative estimate of drug-likeness (QED) is 0.523. The smallest absolute Gasteiger partial charge is 0.119 e. The lowest BCUT2D eigenvalue weighted by Crippen LogP contribution is -1.96. The Morgan fingerprint density at radius 1 is 1.33 bits per heavy atom. The van der Waals surface area contributed by atoms with Crippen LogP contribution in [0.15, 0.2) is 36.9 Å². The van der Waals surface area contributed by atoms with Gasteiger partial charge in [0.25, 0.3) is 0 Å². The minimum Gasteiger partial charge on any atom is -0.494 e. The molecule has 0 aliphatic heterocycles. The largest absolute Gasteiger partial charge is 0.494 e. The number of hydrogen-bond acceptors (Lipinski definition) is 2. The lowest BCUT2D eigenvalue weighted by Gasteiger charge is -2.05. The Morgan fingerprint density at radius 2 is 2.07 bits per heavy atom. The molecule has 0 unspecified atom stereocenters. The van der Waals surface area contributed by atoms with Crippen molar-refractivity contribution in [2.45, 2.75) is 19.3 Å². The maximum atomic E-state index is 8.50. The van der Waals surface area contributed by atoms with E-state index in [2.05, 4.69) is 12.6 Å². The molecule has 0 heterocycles. The molecule has 1 rings (SSSR count). The Hall–Kier alpha value is -1.75. The molecule has 0 bridgehead atoms. The third-order valence-corrected chi connectivity index (χ3v) is 2.03. The number of nitrogens with zero attached hydrogens (tertiary/aromatic N) is 1. The first kappa shape index (κ1) is 11.3. The van der Waals surface area contributed by atoms with Crippen molar-refractivity contribution >= 4 is 0 Å². The van der Waals surface area contributed by atoms with E-state index in [-0.39, 0.29) is 0 Å². The Bertz CT molecular complexity index is 335. The van der Waals surface area contributed by atoms with Gasteiger partial charge in [0.2, 0.25) is 0 Å². The Balaban J connectivity index is 2.36. The van der Waals surface area contributed by atoms with Gasteiger partial charge >= 0.3 is 0 Å². The number of allylic oxidation sites excluding steroid dienone is 1. The van der Waals surface area contributed by atoms with Crippen LogP contribution in [0.25, 0.3) is 0 Å². The number of ether oxygens (including phenoxy) is 1. The molecule has 2 heteroatoms. The van der Waals surface area contributed by atoms with E-state index in [9.17, 15) is 0 Å². The van der Waals surface area contributed by atoms with Crippen LogP contribution in [0.3, 0.4) is 0 Å². The second kappa shape index (κ2) is 6.67. The summed E-state index contributed by atoms with van der Waals surface area (Å²) in [5.74, 6) is 0.862. The molecule has 0 saturated heterocycles.